The zero-order valence-electron chi connectivity index (χ0n) is 55.0. The maximum atomic E-state index is 12.8. The fourth-order valence-corrected chi connectivity index (χ4v) is 9.04. The molecule has 0 saturated heterocycles. The second-order valence-corrected chi connectivity index (χ2v) is 24.2. The minimum absolute atomic E-state index is 0.0139. The van der Waals surface area contributed by atoms with Gasteiger partial charge < -0.3 is 18.9 Å². The molecular weight excluding hydrogens is 1090 g/mol. The molecule has 484 valence electrons. The van der Waals surface area contributed by atoms with Crippen LogP contribution in [0.5, 0.6) is 0 Å². The molecule has 0 fully saturated rings. The monoisotopic (exact) mass is 1210 g/mol. The number of quaternary nitrogens is 1. The molecule has 0 spiro atoms. The predicted octanol–water partition coefficient (Wildman–Crippen LogP) is 21.9. The van der Waals surface area contributed by atoms with Crippen molar-refractivity contribution in [1.82, 2.24) is 0 Å². The van der Waals surface area contributed by atoms with Crippen LogP contribution in [0.15, 0.2) is 182 Å². The Labute approximate surface area is 527 Å². The van der Waals surface area contributed by atoms with Crippen LogP contribution in [-0.2, 0) is 32.7 Å². The van der Waals surface area contributed by atoms with E-state index in [9.17, 15) is 19.0 Å². The van der Waals surface area contributed by atoms with E-state index in [-0.39, 0.29) is 26.1 Å². The van der Waals surface area contributed by atoms with Gasteiger partial charge in [0, 0.05) is 12.8 Å². The lowest BCUT2D eigenvalue weighted by atomic mass is 10.1. The van der Waals surface area contributed by atoms with E-state index in [1.165, 1.54) is 38.5 Å². The average Bonchev–Trinajstić information content (AvgIpc) is 3.70. The number of phosphoric acid groups is 1. The number of carbonyl (C=O) groups is 2. The van der Waals surface area contributed by atoms with Crippen molar-refractivity contribution in [2.45, 2.75) is 238 Å². The van der Waals surface area contributed by atoms with Crippen molar-refractivity contribution in [3.05, 3.63) is 182 Å². The summed E-state index contributed by atoms with van der Waals surface area (Å²) in [5.74, 6) is -0.854. The minimum atomic E-state index is -4.41. The van der Waals surface area contributed by atoms with Gasteiger partial charge in [0.2, 0.25) is 0 Å². The van der Waals surface area contributed by atoms with E-state index in [0.29, 0.717) is 23.9 Å². The Morgan fingerprint density at radius 3 is 0.988 bits per heavy atom. The van der Waals surface area contributed by atoms with Crippen LogP contribution in [0, 0.1) is 0 Å². The molecule has 2 atom stereocenters. The normalized spacial score (nSPS) is 14.3. The number of phosphoric ester groups is 1. The Balaban J connectivity index is 4.22. The molecule has 0 bridgehead atoms. The summed E-state index contributed by atoms with van der Waals surface area (Å²) in [6.07, 6.45) is 99.8. The summed E-state index contributed by atoms with van der Waals surface area (Å²) >= 11 is 0. The van der Waals surface area contributed by atoms with Crippen molar-refractivity contribution in [3.8, 4) is 0 Å². The van der Waals surface area contributed by atoms with E-state index in [0.717, 1.165) is 154 Å². The molecule has 0 aromatic rings. The number of nitrogens with zero attached hydrogens (tertiary/aromatic N) is 1. The van der Waals surface area contributed by atoms with Crippen molar-refractivity contribution in [2.75, 3.05) is 47.5 Å². The average molecular weight is 1210 g/mol. The van der Waals surface area contributed by atoms with E-state index in [2.05, 4.69) is 196 Å². The number of rotatable bonds is 59. The highest BCUT2D eigenvalue weighted by molar-refractivity contribution is 7.47. The lowest BCUT2D eigenvalue weighted by molar-refractivity contribution is -0.870. The third-order valence-corrected chi connectivity index (χ3v) is 14.4. The molecule has 0 rings (SSSR count). The first-order valence-electron chi connectivity index (χ1n) is 33.5. The lowest BCUT2D eigenvalue weighted by Gasteiger charge is -2.24. The lowest BCUT2D eigenvalue weighted by Crippen LogP contribution is -2.37. The SMILES string of the molecule is CC/C=C\C/C=C\C/C=C\C/C=C\C/C=C\C/C=C\C/C=C\C/C=C\C/C=C\C/C=C\C/C=C\C/C=C\CCCCCCC(=O)OC(COC(=O)CCCCCCCC/C=C\C/C=C\C/C=C\CCCCCCC)COP(=O)(O)OCC[N+](C)(C)C. The van der Waals surface area contributed by atoms with Crippen LogP contribution < -0.4 is 0 Å². The number of esters is 2. The summed E-state index contributed by atoms with van der Waals surface area (Å²) < 4.78 is 34.6. The van der Waals surface area contributed by atoms with Crippen LogP contribution >= 0.6 is 7.82 Å². The standard InChI is InChI=1S/C76H122NO8P/c1-6-8-10-12-14-16-18-20-22-24-26-28-29-30-31-32-33-34-35-36-37-38-39-40-41-42-43-44-45-46-47-49-51-53-55-57-59-61-63-65-67-69-76(79)85-74(73-84-86(80,81)83-71-70-77(3,4)5)72-82-75(78)68-66-64-62-60-58-56-54-52-50-48-27-25-23-21-19-17-15-13-11-9-7-2/h8,10,14,16,19-22,25-28,30-31,33-34,36-37,39-40,42-43,45-46,49-52,55,57,74H,6-7,9,11-13,15,17-18,23-24,29,32,35,38,41,44,47-48,53-54,56,58-73H2,1-5H3/p+1/b10-8-,16-14-,21-19-,22-20-,27-25-,28-26-,31-30-,34-33-,37-36-,40-39-,43-42-,46-45-,51-49-,52-50-,57-55-. The number of hydrogen-bond acceptors (Lipinski definition) is 7. The minimum Gasteiger partial charge on any atom is -0.462 e. The van der Waals surface area contributed by atoms with Crippen LogP contribution in [0.2, 0.25) is 0 Å². The highest BCUT2D eigenvalue weighted by Gasteiger charge is 2.27. The predicted molar refractivity (Wildman–Crippen MR) is 371 cm³/mol. The number of ether oxygens (including phenoxy) is 2. The largest absolute Gasteiger partial charge is 0.472 e. The molecule has 2 unspecified atom stereocenters. The van der Waals surface area contributed by atoms with Gasteiger partial charge >= 0.3 is 19.8 Å². The first-order chi connectivity index (χ1) is 42.0. The van der Waals surface area contributed by atoms with Crippen molar-refractivity contribution in [3.63, 3.8) is 0 Å². The Hall–Kier alpha value is -4.89. The molecule has 0 amide bonds. The smallest absolute Gasteiger partial charge is 0.462 e. The van der Waals surface area contributed by atoms with Gasteiger partial charge in [-0.3, -0.25) is 18.6 Å². The van der Waals surface area contributed by atoms with Gasteiger partial charge in [-0.25, -0.2) is 4.57 Å². The highest BCUT2D eigenvalue weighted by atomic mass is 31.2. The zero-order valence-corrected chi connectivity index (χ0v) is 55.9. The molecule has 0 aliphatic rings. The van der Waals surface area contributed by atoms with Crippen molar-refractivity contribution in [1.29, 1.82) is 0 Å². The van der Waals surface area contributed by atoms with E-state index < -0.39 is 32.5 Å². The quantitative estimate of drug-likeness (QED) is 0.0211. The van der Waals surface area contributed by atoms with E-state index in [1.54, 1.807) is 0 Å². The van der Waals surface area contributed by atoms with Crippen LogP contribution in [-0.4, -0.2) is 74.9 Å². The fraction of sp³-hybridized carbons (Fsp3) is 0.579. The summed E-state index contributed by atoms with van der Waals surface area (Å²) in [4.78, 5) is 35.8. The summed E-state index contributed by atoms with van der Waals surface area (Å²) in [7, 11) is 1.42. The number of allylic oxidation sites excluding steroid dienone is 30. The van der Waals surface area contributed by atoms with E-state index >= 15 is 0 Å². The van der Waals surface area contributed by atoms with Crippen molar-refractivity contribution in [2.24, 2.45) is 0 Å². The van der Waals surface area contributed by atoms with Gasteiger partial charge in [0.1, 0.15) is 19.8 Å². The molecule has 9 nitrogen and oxygen atoms in total. The van der Waals surface area contributed by atoms with Crippen LogP contribution in [0.3, 0.4) is 0 Å². The number of unbranched alkanes of at least 4 members (excludes halogenated alkanes) is 15. The Bertz CT molecular complexity index is 2100. The second kappa shape index (κ2) is 64.6. The summed E-state index contributed by atoms with van der Waals surface area (Å²) in [6.45, 7) is 4.24. The summed E-state index contributed by atoms with van der Waals surface area (Å²) in [5.41, 5.74) is 0. The zero-order chi connectivity index (χ0) is 62.6. The number of hydrogen-bond donors (Lipinski definition) is 1. The van der Waals surface area contributed by atoms with Crippen molar-refractivity contribution < 1.29 is 42.1 Å². The molecule has 0 aromatic carbocycles. The molecule has 0 heterocycles. The molecule has 10 heteroatoms. The van der Waals surface area contributed by atoms with Crippen molar-refractivity contribution >= 4 is 19.8 Å². The van der Waals surface area contributed by atoms with E-state index in [4.69, 9.17) is 18.5 Å². The topological polar surface area (TPSA) is 108 Å². The van der Waals surface area contributed by atoms with Gasteiger partial charge in [0.15, 0.2) is 6.10 Å². The molecule has 0 aromatic heterocycles. The maximum absolute atomic E-state index is 12.8. The summed E-state index contributed by atoms with van der Waals surface area (Å²) in [6, 6.07) is 0. The molecule has 0 aliphatic heterocycles. The molecular formula is C76H123NO8P+. The third-order valence-electron chi connectivity index (χ3n) is 13.4. The Morgan fingerprint density at radius 2 is 0.663 bits per heavy atom. The first kappa shape index (κ1) is 81.1. The van der Waals surface area contributed by atoms with Crippen LogP contribution in [0.25, 0.3) is 0 Å². The van der Waals surface area contributed by atoms with Gasteiger partial charge in [0.05, 0.1) is 27.7 Å². The molecule has 0 saturated carbocycles. The number of carbonyl (C=O) groups excluding carboxylic acids is 2. The third kappa shape index (κ3) is 68.2. The molecule has 0 radical (unpaired) electrons. The van der Waals surface area contributed by atoms with Gasteiger partial charge in [0.25, 0.3) is 0 Å². The molecule has 1 N–H and O–H groups in total. The van der Waals surface area contributed by atoms with Crippen LogP contribution in [0.4, 0.5) is 0 Å². The van der Waals surface area contributed by atoms with Gasteiger partial charge in [-0.1, -0.05) is 260 Å². The van der Waals surface area contributed by atoms with Gasteiger partial charge in [-0.05, 0) is 141 Å². The maximum Gasteiger partial charge on any atom is 0.472 e. The second-order valence-electron chi connectivity index (χ2n) is 22.8. The van der Waals surface area contributed by atoms with E-state index in [1.807, 2.05) is 21.1 Å². The first-order valence-corrected chi connectivity index (χ1v) is 35.0. The number of likely N-dealkylation sites (N-methyl/N-ethyl adjacent to an activating group) is 1. The highest BCUT2D eigenvalue weighted by Crippen LogP contribution is 2.43. The molecule has 0 aliphatic carbocycles. The van der Waals surface area contributed by atoms with Gasteiger partial charge in [-0.2, -0.15) is 0 Å². The fourth-order valence-electron chi connectivity index (χ4n) is 8.30. The Morgan fingerprint density at radius 1 is 0.372 bits per heavy atom. The van der Waals surface area contributed by atoms with Crippen LogP contribution in [0.1, 0.15) is 232 Å². The Kier molecular flexibility index (Phi) is 60.9. The van der Waals surface area contributed by atoms with Gasteiger partial charge in [-0.15, -0.1) is 0 Å². The summed E-state index contributed by atoms with van der Waals surface area (Å²) in [5, 5.41) is 0. The molecule has 86 heavy (non-hydrogen) atoms.